The number of allylic oxidation sites excluding steroid dienone is 12. The van der Waals surface area contributed by atoms with Gasteiger partial charge >= 0.3 is 0 Å². The van der Waals surface area contributed by atoms with Gasteiger partial charge in [0.05, 0.1) is 38.6 Å². The summed E-state index contributed by atoms with van der Waals surface area (Å²) in [7, 11) is 0. The van der Waals surface area contributed by atoms with E-state index in [0.29, 0.717) is 12.8 Å². The highest BCUT2D eigenvalue weighted by Crippen LogP contribution is 2.33. The molecule has 3 saturated heterocycles. The Bertz CT molecular complexity index is 2160. The van der Waals surface area contributed by atoms with E-state index in [9.17, 15) is 61.0 Å². The summed E-state index contributed by atoms with van der Waals surface area (Å²) in [4.78, 5) is 13.5. The van der Waals surface area contributed by atoms with E-state index < -0.39 is 124 Å². The van der Waals surface area contributed by atoms with E-state index in [0.717, 1.165) is 83.5 Å². The topological polar surface area (TPSA) is 307 Å². The van der Waals surface area contributed by atoms with E-state index in [-0.39, 0.29) is 18.9 Å². The molecule has 0 saturated carbocycles. The highest BCUT2D eigenvalue weighted by atomic mass is 16.8. The lowest BCUT2D eigenvalue weighted by atomic mass is 9.96. The third-order valence-electron chi connectivity index (χ3n) is 20.8. The summed E-state index contributed by atoms with van der Waals surface area (Å²) in [5.41, 5.74) is 0. The fourth-order valence-corrected chi connectivity index (χ4v) is 14.1. The van der Waals surface area contributed by atoms with E-state index in [2.05, 4.69) is 92.1 Å². The number of aliphatic hydroxyl groups excluding tert-OH is 11. The molecule has 0 aromatic rings. The van der Waals surface area contributed by atoms with Crippen LogP contribution in [0.1, 0.15) is 328 Å². The molecule has 17 atom stereocenters. The van der Waals surface area contributed by atoms with Gasteiger partial charge in [-0.2, -0.15) is 0 Å². The summed E-state index contributed by atoms with van der Waals surface area (Å²) in [5, 5.41) is 121. The molecule has 1 amide bonds. The molecule has 19 heteroatoms. The Kier molecular flexibility index (Phi) is 59.6. The number of aliphatic hydroxyl groups is 11. The smallest absolute Gasteiger partial charge is 0.220 e. The SMILES string of the molecule is CC/C=C\C/C=C\C/C=C\C/C=C\C/C=C\C/C=C\CCCCCCCCCCCCCCCCCCCCCCC(=O)NC(COC1OC(CO)C(OC2OC(CO)C(OC3OC(CO)C(O)C(O)C3O)C(O)C2O)C(O)C1O)C(O)CCCCCCCCCCCCCCCCCCCCCC. The van der Waals surface area contributed by atoms with Gasteiger partial charge in [-0.15, -0.1) is 0 Å². The fraction of sp³-hybridized carbons (Fsp3) is 0.847. The predicted molar refractivity (Wildman–Crippen MR) is 415 cm³/mol. The van der Waals surface area contributed by atoms with Crippen LogP contribution in [0.4, 0.5) is 0 Å². The zero-order valence-electron chi connectivity index (χ0n) is 65.0. The third kappa shape index (κ3) is 44.2. The predicted octanol–water partition coefficient (Wildman–Crippen LogP) is 14.8. The van der Waals surface area contributed by atoms with Crippen molar-refractivity contribution in [2.24, 2.45) is 0 Å². The number of nitrogens with one attached hydrogen (secondary N) is 1. The van der Waals surface area contributed by atoms with Crippen LogP contribution in [0.2, 0.25) is 0 Å². The van der Waals surface area contributed by atoms with Crippen molar-refractivity contribution in [1.29, 1.82) is 0 Å². The maximum absolute atomic E-state index is 13.5. The summed E-state index contributed by atoms with van der Waals surface area (Å²) < 4.78 is 34.5. The average molecular weight is 1480 g/mol. The average Bonchev–Trinajstić information content (AvgIpc) is 0.783. The number of hydrogen-bond acceptors (Lipinski definition) is 18. The molecule has 3 fully saturated rings. The Morgan fingerprint density at radius 1 is 0.356 bits per heavy atom. The Hall–Kier alpha value is -2.77. The Labute approximate surface area is 629 Å². The molecule has 0 bridgehead atoms. The lowest BCUT2D eigenvalue weighted by Gasteiger charge is -2.48. The second-order valence-electron chi connectivity index (χ2n) is 29.9. The normalized spacial score (nSPS) is 26.3. The number of carbonyl (C=O) groups excluding carboxylic acids is 1. The Balaban J connectivity index is 1.31. The van der Waals surface area contributed by atoms with Crippen molar-refractivity contribution in [3.8, 4) is 0 Å². The first kappa shape index (κ1) is 95.4. The monoisotopic (exact) mass is 1480 g/mol. The molecule has 0 radical (unpaired) electrons. The lowest BCUT2D eigenvalue weighted by Crippen LogP contribution is -2.66. The molecule has 3 heterocycles. The van der Waals surface area contributed by atoms with E-state index in [4.69, 9.17) is 28.4 Å². The molecule has 19 nitrogen and oxygen atoms in total. The van der Waals surface area contributed by atoms with Crippen molar-refractivity contribution in [2.45, 2.75) is 433 Å². The second-order valence-corrected chi connectivity index (χ2v) is 29.9. The highest BCUT2D eigenvalue weighted by Gasteiger charge is 2.54. The molecule has 17 unspecified atom stereocenters. The molecule has 0 spiro atoms. The number of amides is 1. The highest BCUT2D eigenvalue weighted by molar-refractivity contribution is 5.76. The summed E-state index contributed by atoms with van der Waals surface area (Å²) in [5.74, 6) is -0.238. The molecular formula is C85H153NO18. The van der Waals surface area contributed by atoms with Gasteiger partial charge in [0.1, 0.15) is 73.2 Å². The molecule has 3 aliphatic heterocycles. The van der Waals surface area contributed by atoms with E-state index >= 15 is 0 Å². The summed E-state index contributed by atoms with van der Waals surface area (Å²) >= 11 is 0. The van der Waals surface area contributed by atoms with Gasteiger partial charge < -0.3 is 89.9 Å². The maximum atomic E-state index is 13.5. The minimum atomic E-state index is -1.97. The van der Waals surface area contributed by atoms with Crippen LogP contribution in [-0.4, -0.2) is 193 Å². The van der Waals surface area contributed by atoms with Gasteiger partial charge in [0.25, 0.3) is 0 Å². The molecule has 3 rings (SSSR count). The Morgan fingerprint density at radius 2 is 0.663 bits per heavy atom. The largest absolute Gasteiger partial charge is 0.394 e. The summed E-state index contributed by atoms with van der Waals surface area (Å²) in [6.07, 6.45) is 58.5. The van der Waals surface area contributed by atoms with E-state index in [1.807, 2.05) is 0 Å². The zero-order valence-corrected chi connectivity index (χ0v) is 65.0. The number of unbranched alkanes of at least 4 members (excludes halogenated alkanes) is 39. The van der Waals surface area contributed by atoms with Gasteiger partial charge in [0, 0.05) is 6.42 Å². The fourth-order valence-electron chi connectivity index (χ4n) is 14.1. The van der Waals surface area contributed by atoms with Gasteiger partial charge in [-0.1, -0.05) is 331 Å². The maximum Gasteiger partial charge on any atom is 0.220 e. The first-order valence-electron chi connectivity index (χ1n) is 42.2. The molecule has 0 aromatic carbocycles. The van der Waals surface area contributed by atoms with Crippen LogP contribution in [-0.2, 0) is 33.2 Å². The van der Waals surface area contributed by atoms with Gasteiger partial charge in [0.15, 0.2) is 18.9 Å². The van der Waals surface area contributed by atoms with Crippen molar-refractivity contribution in [1.82, 2.24) is 5.32 Å². The summed E-state index contributed by atoms with van der Waals surface area (Å²) in [6.45, 7) is 1.73. The van der Waals surface area contributed by atoms with Gasteiger partial charge in [-0.05, 0) is 64.2 Å². The number of rotatable bonds is 67. The van der Waals surface area contributed by atoms with Crippen LogP contribution in [0.15, 0.2) is 72.9 Å². The van der Waals surface area contributed by atoms with Crippen molar-refractivity contribution in [2.75, 3.05) is 26.4 Å². The molecule has 104 heavy (non-hydrogen) atoms. The molecule has 3 aliphatic rings. The minimum absolute atomic E-state index is 0.238. The van der Waals surface area contributed by atoms with Gasteiger partial charge in [-0.25, -0.2) is 0 Å². The third-order valence-corrected chi connectivity index (χ3v) is 20.8. The van der Waals surface area contributed by atoms with E-state index in [1.54, 1.807) is 0 Å². The molecule has 606 valence electrons. The number of carbonyl (C=O) groups is 1. The molecular weight excluding hydrogens is 1320 g/mol. The molecule has 0 aliphatic carbocycles. The molecule has 0 aromatic heterocycles. The van der Waals surface area contributed by atoms with Gasteiger partial charge in [0.2, 0.25) is 5.91 Å². The quantitative estimate of drug-likeness (QED) is 0.0199. The van der Waals surface area contributed by atoms with Crippen molar-refractivity contribution >= 4 is 5.91 Å². The van der Waals surface area contributed by atoms with Crippen LogP contribution in [0.5, 0.6) is 0 Å². The Morgan fingerprint density at radius 3 is 1.04 bits per heavy atom. The van der Waals surface area contributed by atoms with Crippen LogP contribution < -0.4 is 5.32 Å². The van der Waals surface area contributed by atoms with Crippen LogP contribution in [0.25, 0.3) is 0 Å². The van der Waals surface area contributed by atoms with Crippen LogP contribution >= 0.6 is 0 Å². The number of hydrogen-bond donors (Lipinski definition) is 12. The molecule has 12 N–H and O–H groups in total. The van der Waals surface area contributed by atoms with Crippen LogP contribution in [0, 0.1) is 0 Å². The first-order valence-corrected chi connectivity index (χ1v) is 42.2. The minimum Gasteiger partial charge on any atom is -0.394 e. The number of ether oxygens (including phenoxy) is 6. The van der Waals surface area contributed by atoms with Crippen molar-refractivity contribution in [3.05, 3.63) is 72.9 Å². The van der Waals surface area contributed by atoms with E-state index in [1.165, 1.54) is 212 Å². The lowest BCUT2D eigenvalue weighted by molar-refractivity contribution is -0.379. The standard InChI is InChI=1S/C85H153NO18/c1-3-5-7-9-11-13-15-17-19-21-23-25-26-27-28-29-30-31-32-33-34-35-36-37-38-39-40-41-42-43-45-47-49-51-53-55-57-59-61-63-73(91)86-68(69(90)62-60-58-56-54-52-50-48-46-44-24-22-20-18-16-14-12-10-8-6-4-2)67-99-83-79(97)76(94)81(71(65-88)101-83)104-85-80(98)77(95)82(72(66-89)102-85)103-84-78(96)75(93)74(92)70(64-87)100-84/h5,7,11,13,17,19,23,25,27-28,30-31,68-72,74-85,87-90,92-98H,3-4,6,8-10,12,14-16,18,20-22,24,26,29,32-67H2,1-2H3,(H,86,91)/b7-5-,13-11-,19-17-,25-23-,28-27-,31-30-. The second kappa shape index (κ2) is 65.0. The van der Waals surface area contributed by atoms with Crippen LogP contribution in [0.3, 0.4) is 0 Å². The van der Waals surface area contributed by atoms with Crippen molar-refractivity contribution < 1.29 is 89.4 Å². The van der Waals surface area contributed by atoms with Gasteiger partial charge in [-0.3, -0.25) is 4.79 Å². The first-order chi connectivity index (χ1) is 50.8. The van der Waals surface area contributed by atoms with Crippen molar-refractivity contribution in [3.63, 3.8) is 0 Å². The zero-order chi connectivity index (χ0) is 75.3. The summed E-state index contributed by atoms with van der Waals surface area (Å²) in [6, 6.07) is -0.889.